The zero-order chi connectivity index (χ0) is 16.3. The molecule has 8 heteroatoms. The Morgan fingerprint density at radius 1 is 1.38 bits per heavy atom. The molecule has 0 aromatic heterocycles. The van der Waals surface area contributed by atoms with E-state index in [1.807, 2.05) is 0 Å². The number of sulfone groups is 1. The number of urea groups is 1. The standard InChI is InChI=1S/C13H24N2O5S/c1-13(2,11(16)17)10-5-4-7-15(9-10)12(18)14-6-8-21(3,19)20/h10H,4-9H2,1-3H3,(H,14,18)(H,16,17). The molecule has 122 valence electrons. The summed E-state index contributed by atoms with van der Waals surface area (Å²) in [6.07, 6.45) is 2.64. The number of carboxylic acid groups (broad SMARTS) is 1. The number of aliphatic carboxylic acids is 1. The molecule has 2 amide bonds. The summed E-state index contributed by atoms with van der Waals surface area (Å²) in [5.41, 5.74) is -0.883. The quantitative estimate of drug-likeness (QED) is 0.770. The Morgan fingerprint density at radius 2 is 2.00 bits per heavy atom. The number of hydrogen-bond donors (Lipinski definition) is 2. The van der Waals surface area contributed by atoms with E-state index in [2.05, 4.69) is 5.32 Å². The second-order valence-corrected chi connectivity index (χ2v) is 8.43. The Kier molecular flexibility index (Phi) is 5.61. The van der Waals surface area contributed by atoms with Crippen molar-refractivity contribution >= 4 is 21.8 Å². The summed E-state index contributed by atoms with van der Waals surface area (Å²) in [7, 11) is -3.11. The van der Waals surface area contributed by atoms with Gasteiger partial charge in [-0.2, -0.15) is 0 Å². The molecule has 1 aliphatic rings. The number of hydrogen-bond acceptors (Lipinski definition) is 4. The van der Waals surface area contributed by atoms with Crippen molar-refractivity contribution in [2.45, 2.75) is 26.7 Å². The number of piperidine rings is 1. The summed E-state index contributed by atoms with van der Waals surface area (Å²) in [5, 5.41) is 11.8. The molecule has 7 nitrogen and oxygen atoms in total. The van der Waals surface area contributed by atoms with Gasteiger partial charge >= 0.3 is 12.0 Å². The topological polar surface area (TPSA) is 104 Å². The van der Waals surface area contributed by atoms with Crippen LogP contribution in [0.15, 0.2) is 0 Å². The molecule has 0 bridgehead atoms. The third-order valence-electron chi connectivity index (χ3n) is 4.03. The van der Waals surface area contributed by atoms with Crippen molar-refractivity contribution in [3.05, 3.63) is 0 Å². The molecular weight excluding hydrogens is 296 g/mol. The molecule has 0 aliphatic carbocycles. The van der Waals surface area contributed by atoms with Crippen LogP contribution < -0.4 is 5.32 Å². The molecule has 1 fully saturated rings. The van der Waals surface area contributed by atoms with Gasteiger partial charge in [-0.15, -0.1) is 0 Å². The Bertz CT molecular complexity index is 501. The molecular formula is C13H24N2O5S. The first-order valence-electron chi connectivity index (χ1n) is 6.98. The monoisotopic (exact) mass is 320 g/mol. The summed E-state index contributed by atoms with van der Waals surface area (Å²) >= 11 is 0. The lowest BCUT2D eigenvalue weighted by Gasteiger charge is -2.39. The van der Waals surface area contributed by atoms with Crippen LogP contribution in [0.4, 0.5) is 4.79 Å². The van der Waals surface area contributed by atoms with Crippen molar-refractivity contribution in [3.63, 3.8) is 0 Å². The molecule has 1 atom stereocenters. The fourth-order valence-electron chi connectivity index (χ4n) is 2.38. The first-order valence-corrected chi connectivity index (χ1v) is 9.04. The minimum Gasteiger partial charge on any atom is -0.481 e. The highest BCUT2D eigenvalue weighted by Gasteiger charge is 2.39. The number of carboxylic acids is 1. The molecule has 0 aromatic carbocycles. The van der Waals surface area contributed by atoms with Gasteiger partial charge in [-0.3, -0.25) is 4.79 Å². The van der Waals surface area contributed by atoms with Gasteiger partial charge in [-0.05, 0) is 32.6 Å². The Hall–Kier alpha value is -1.31. The highest BCUT2D eigenvalue weighted by molar-refractivity contribution is 7.90. The lowest BCUT2D eigenvalue weighted by Crippen LogP contribution is -2.50. The second-order valence-electron chi connectivity index (χ2n) is 6.17. The lowest BCUT2D eigenvalue weighted by atomic mass is 9.74. The van der Waals surface area contributed by atoms with Crippen molar-refractivity contribution in [1.82, 2.24) is 10.2 Å². The molecule has 0 aromatic rings. The number of carbonyl (C=O) groups is 2. The molecule has 1 unspecified atom stereocenters. The maximum atomic E-state index is 12.0. The maximum absolute atomic E-state index is 12.0. The molecule has 0 spiro atoms. The largest absolute Gasteiger partial charge is 0.481 e. The predicted octanol–water partition coefficient (Wildman–Crippen LogP) is 0.563. The average Bonchev–Trinajstić information content (AvgIpc) is 2.37. The number of rotatable bonds is 5. The first-order chi connectivity index (χ1) is 9.54. The zero-order valence-corrected chi connectivity index (χ0v) is 13.6. The fraction of sp³-hybridized carbons (Fsp3) is 0.846. The van der Waals surface area contributed by atoms with Gasteiger partial charge in [0.1, 0.15) is 9.84 Å². The van der Waals surface area contributed by atoms with Gasteiger partial charge in [0.15, 0.2) is 0 Å². The van der Waals surface area contributed by atoms with Crippen molar-refractivity contribution < 1.29 is 23.1 Å². The maximum Gasteiger partial charge on any atom is 0.317 e. The zero-order valence-electron chi connectivity index (χ0n) is 12.8. The van der Waals surface area contributed by atoms with E-state index in [0.29, 0.717) is 13.1 Å². The average molecular weight is 320 g/mol. The van der Waals surface area contributed by atoms with E-state index < -0.39 is 21.2 Å². The number of nitrogens with one attached hydrogen (secondary N) is 1. The molecule has 21 heavy (non-hydrogen) atoms. The highest BCUT2D eigenvalue weighted by Crippen LogP contribution is 2.34. The van der Waals surface area contributed by atoms with Gasteiger partial charge in [-0.1, -0.05) is 0 Å². The molecule has 0 radical (unpaired) electrons. The van der Waals surface area contributed by atoms with Crippen molar-refractivity contribution in [2.24, 2.45) is 11.3 Å². The van der Waals surface area contributed by atoms with Crippen LogP contribution in [0.25, 0.3) is 0 Å². The van der Waals surface area contributed by atoms with Crippen molar-refractivity contribution in [2.75, 3.05) is 31.6 Å². The summed E-state index contributed by atoms with van der Waals surface area (Å²) in [4.78, 5) is 24.9. The van der Waals surface area contributed by atoms with Crippen LogP contribution in [0.5, 0.6) is 0 Å². The minimum atomic E-state index is -3.11. The number of amides is 2. The van der Waals surface area contributed by atoms with E-state index in [1.165, 1.54) is 0 Å². The summed E-state index contributed by atoms with van der Waals surface area (Å²) < 4.78 is 22.0. The van der Waals surface area contributed by atoms with Crippen LogP contribution in [0.2, 0.25) is 0 Å². The van der Waals surface area contributed by atoms with Crippen molar-refractivity contribution in [1.29, 1.82) is 0 Å². The van der Waals surface area contributed by atoms with Gasteiger partial charge in [0.25, 0.3) is 0 Å². The molecule has 1 saturated heterocycles. The van der Waals surface area contributed by atoms with Crippen LogP contribution >= 0.6 is 0 Å². The van der Waals surface area contributed by atoms with Gasteiger partial charge in [0.2, 0.25) is 0 Å². The van der Waals surface area contributed by atoms with Crippen LogP contribution in [0.1, 0.15) is 26.7 Å². The predicted molar refractivity (Wildman–Crippen MR) is 78.8 cm³/mol. The molecule has 0 saturated carbocycles. The van der Waals surface area contributed by atoms with Crippen LogP contribution in [-0.4, -0.2) is 62.1 Å². The Morgan fingerprint density at radius 3 is 2.52 bits per heavy atom. The van der Waals surface area contributed by atoms with Gasteiger partial charge < -0.3 is 15.3 Å². The van der Waals surface area contributed by atoms with Crippen LogP contribution in [0.3, 0.4) is 0 Å². The van der Waals surface area contributed by atoms with E-state index in [9.17, 15) is 23.1 Å². The smallest absolute Gasteiger partial charge is 0.317 e. The van der Waals surface area contributed by atoms with Gasteiger partial charge in [-0.25, -0.2) is 13.2 Å². The number of nitrogens with zero attached hydrogens (tertiary/aromatic N) is 1. The Balaban J connectivity index is 2.56. The Labute approximate surface area is 125 Å². The summed E-state index contributed by atoms with van der Waals surface area (Å²) in [6, 6.07) is -0.329. The molecule has 2 N–H and O–H groups in total. The van der Waals surface area contributed by atoms with E-state index in [-0.39, 0.29) is 24.2 Å². The minimum absolute atomic E-state index is 0.0706. The summed E-state index contributed by atoms with van der Waals surface area (Å²) in [5.74, 6) is -1.08. The summed E-state index contributed by atoms with van der Waals surface area (Å²) in [6.45, 7) is 4.36. The highest BCUT2D eigenvalue weighted by atomic mass is 32.2. The SMILES string of the molecule is CC(C)(C(=O)O)C1CCCN(C(=O)NCCS(C)(=O)=O)C1. The van der Waals surface area contributed by atoms with E-state index in [0.717, 1.165) is 19.1 Å². The normalized spacial score (nSPS) is 20.1. The molecule has 1 rings (SSSR count). The first kappa shape index (κ1) is 17.7. The molecule has 1 aliphatic heterocycles. The second kappa shape index (κ2) is 6.64. The van der Waals surface area contributed by atoms with Gasteiger partial charge in [0.05, 0.1) is 11.2 Å². The van der Waals surface area contributed by atoms with Crippen LogP contribution in [-0.2, 0) is 14.6 Å². The lowest BCUT2D eigenvalue weighted by molar-refractivity contribution is -0.151. The van der Waals surface area contributed by atoms with Gasteiger partial charge in [0, 0.05) is 25.9 Å². The number of carbonyl (C=O) groups excluding carboxylic acids is 1. The van der Waals surface area contributed by atoms with E-state index in [4.69, 9.17) is 0 Å². The molecule has 1 heterocycles. The van der Waals surface area contributed by atoms with Crippen molar-refractivity contribution in [3.8, 4) is 0 Å². The fourth-order valence-corrected chi connectivity index (χ4v) is 2.85. The third-order valence-corrected chi connectivity index (χ3v) is 4.98. The number of likely N-dealkylation sites (tertiary alicyclic amines) is 1. The van der Waals surface area contributed by atoms with Crippen LogP contribution in [0, 0.1) is 11.3 Å². The van der Waals surface area contributed by atoms with E-state index in [1.54, 1.807) is 18.7 Å². The third kappa shape index (κ3) is 5.18. The van der Waals surface area contributed by atoms with E-state index >= 15 is 0 Å².